The Labute approximate surface area is 200 Å². The highest BCUT2D eigenvalue weighted by Gasteiger charge is 2.34. The van der Waals surface area contributed by atoms with Gasteiger partial charge in [0, 0.05) is 22.6 Å². The quantitative estimate of drug-likeness (QED) is 0.482. The lowest BCUT2D eigenvalue weighted by molar-refractivity contribution is -0.141. The second kappa shape index (κ2) is 10.3. The van der Waals surface area contributed by atoms with Crippen molar-refractivity contribution in [3.63, 3.8) is 0 Å². The molecule has 0 fully saturated rings. The molecule has 172 valence electrons. The maximum atomic E-state index is 12.3. The van der Waals surface area contributed by atoms with Gasteiger partial charge in [0.05, 0.1) is 24.2 Å². The molecule has 1 heterocycles. The molecular weight excluding hydrogens is 460 g/mol. The van der Waals surface area contributed by atoms with Crippen LogP contribution in [0, 0.1) is 11.3 Å². The fourth-order valence-electron chi connectivity index (χ4n) is 3.47. The third-order valence-corrected chi connectivity index (χ3v) is 5.45. The lowest BCUT2D eigenvalue weighted by atomic mass is 9.91. The number of carboxylic acids is 1. The third kappa shape index (κ3) is 5.46. The molecule has 0 saturated heterocycles. The summed E-state index contributed by atoms with van der Waals surface area (Å²) in [6.07, 6.45) is -0.776. The number of carboxylic acid groups (broad SMARTS) is 1. The van der Waals surface area contributed by atoms with Crippen molar-refractivity contribution in [1.82, 2.24) is 5.48 Å². The van der Waals surface area contributed by atoms with Crippen LogP contribution in [0.15, 0.2) is 66.7 Å². The van der Waals surface area contributed by atoms with Gasteiger partial charge in [0.25, 0.3) is 5.91 Å². The Morgan fingerprint density at radius 1 is 1.12 bits per heavy atom. The monoisotopic (exact) mass is 478 g/mol. The van der Waals surface area contributed by atoms with Crippen molar-refractivity contribution < 1.29 is 29.0 Å². The van der Waals surface area contributed by atoms with Crippen molar-refractivity contribution in [3.05, 3.63) is 94.0 Å². The SMILES string of the molecule is N#Cc1ccc2c(c1)C(C(=O)O)CC(Oc1ccc(C(=O)NOCc3ccc(Cl)cc3)cc1)O2. The van der Waals surface area contributed by atoms with E-state index in [-0.39, 0.29) is 13.0 Å². The fraction of sp³-hybridized carbons (Fsp3) is 0.160. The van der Waals surface area contributed by atoms with Crippen molar-refractivity contribution in [2.24, 2.45) is 0 Å². The molecule has 0 aromatic heterocycles. The summed E-state index contributed by atoms with van der Waals surface area (Å²) in [5, 5.41) is 19.3. The molecule has 3 aromatic rings. The van der Waals surface area contributed by atoms with E-state index in [2.05, 4.69) is 5.48 Å². The zero-order chi connectivity index (χ0) is 24.1. The Kier molecular flexibility index (Phi) is 6.97. The smallest absolute Gasteiger partial charge is 0.311 e. The number of fused-ring (bicyclic) bond motifs is 1. The molecule has 1 aliphatic rings. The Hall–Kier alpha value is -4.06. The average molecular weight is 479 g/mol. The van der Waals surface area contributed by atoms with Crippen molar-refractivity contribution in [3.8, 4) is 17.6 Å². The number of nitrogens with one attached hydrogen (secondary N) is 1. The highest BCUT2D eigenvalue weighted by molar-refractivity contribution is 6.30. The number of nitriles is 1. The second-order valence-electron chi connectivity index (χ2n) is 7.53. The van der Waals surface area contributed by atoms with Crippen LogP contribution in [0.5, 0.6) is 11.5 Å². The summed E-state index contributed by atoms with van der Waals surface area (Å²) in [6.45, 7) is 0.186. The number of halogens is 1. The summed E-state index contributed by atoms with van der Waals surface area (Å²) in [7, 11) is 0. The van der Waals surface area contributed by atoms with E-state index in [0.29, 0.717) is 33.2 Å². The summed E-state index contributed by atoms with van der Waals surface area (Å²) in [5.74, 6) is -1.56. The molecule has 0 aliphatic carbocycles. The van der Waals surface area contributed by atoms with Crippen molar-refractivity contribution in [2.75, 3.05) is 0 Å². The fourth-order valence-corrected chi connectivity index (χ4v) is 3.60. The minimum absolute atomic E-state index is 0.0675. The minimum Gasteiger partial charge on any atom is -0.481 e. The van der Waals surface area contributed by atoms with Crippen LogP contribution < -0.4 is 15.0 Å². The zero-order valence-corrected chi connectivity index (χ0v) is 18.5. The van der Waals surface area contributed by atoms with Crippen LogP contribution in [-0.2, 0) is 16.2 Å². The summed E-state index contributed by atoms with van der Waals surface area (Å²) < 4.78 is 11.6. The van der Waals surface area contributed by atoms with Gasteiger partial charge in [0.1, 0.15) is 11.5 Å². The minimum atomic E-state index is -1.03. The molecule has 34 heavy (non-hydrogen) atoms. The van der Waals surface area contributed by atoms with Gasteiger partial charge < -0.3 is 14.6 Å². The molecule has 0 saturated carbocycles. The Balaban J connectivity index is 1.35. The van der Waals surface area contributed by atoms with Gasteiger partial charge in [0.2, 0.25) is 6.29 Å². The van der Waals surface area contributed by atoms with Gasteiger partial charge in [-0.2, -0.15) is 5.26 Å². The van der Waals surface area contributed by atoms with Crippen LogP contribution >= 0.6 is 11.6 Å². The lowest BCUT2D eigenvalue weighted by Gasteiger charge is -2.30. The third-order valence-electron chi connectivity index (χ3n) is 5.20. The number of ether oxygens (including phenoxy) is 2. The largest absolute Gasteiger partial charge is 0.481 e. The molecule has 4 rings (SSSR count). The highest BCUT2D eigenvalue weighted by Crippen LogP contribution is 2.37. The van der Waals surface area contributed by atoms with Crippen LogP contribution in [0.2, 0.25) is 5.02 Å². The summed E-state index contributed by atoms with van der Waals surface area (Å²) in [6, 6.07) is 20.0. The summed E-state index contributed by atoms with van der Waals surface area (Å²) >= 11 is 5.84. The van der Waals surface area contributed by atoms with E-state index in [1.54, 1.807) is 60.7 Å². The molecule has 2 atom stereocenters. The average Bonchev–Trinajstić information content (AvgIpc) is 2.84. The molecule has 0 bridgehead atoms. The second-order valence-corrected chi connectivity index (χ2v) is 7.96. The number of amides is 1. The van der Waals surface area contributed by atoms with Crippen molar-refractivity contribution in [1.29, 1.82) is 5.26 Å². The van der Waals surface area contributed by atoms with Crippen molar-refractivity contribution >= 4 is 23.5 Å². The van der Waals surface area contributed by atoms with Crippen LogP contribution in [0.1, 0.15) is 39.4 Å². The molecule has 8 nitrogen and oxygen atoms in total. The zero-order valence-electron chi connectivity index (χ0n) is 17.7. The van der Waals surface area contributed by atoms with Gasteiger partial charge in [-0.15, -0.1) is 0 Å². The first-order valence-electron chi connectivity index (χ1n) is 10.3. The van der Waals surface area contributed by atoms with Gasteiger partial charge in [-0.3, -0.25) is 14.4 Å². The van der Waals surface area contributed by atoms with Crippen LogP contribution in [0.3, 0.4) is 0 Å². The van der Waals surface area contributed by atoms with Gasteiger partial charge in [-0.25, -0.2) is 5.48 Å². The van der Waals surface area contributed by atoms with Gasteiger partial charge in [0.15, 0.2) is 0 Å². The molecule has 1 amide bonds. The highest BCUT2D eigenvalue weighted by atomic mass is 35.5. The molecule has 3 aromatic carbocycles. The lowest BCUT2D eigenvalue weighted by Crippen LogP contribution is -2.33. The Bertz CT molecular complexity index is 1240. The summed E-state index contributed by atoms with van der Waals surface area (Å²) in [5.41, 5.74) is 4.38. The first-order chi connectivity index (χ1) is 16.4. The number of hydroxylamine groups is 1. The number of nitrogens with zero attached hydrogens (tertiary/aromatic N) is 1. The maximum Gasteiger partial charge on any atom is 0.311 e. The predicted octanol–water partition coefficient (Wildman–Crippen LogP) is 4.43. The number of hydrogen-bond donors (Lipinski definition) is 2. The first kappa shape index (κ1) is 23.1. The Morgan fingerprint density at radius 2 is 1.85 bits per heavy atom. The van der Waals surface area contributed by atoms with E-state index < -0.39 is 24.1 Å². The molecule has 2 N–H and O–H groups in total. The van der Waals surface area contributed by atoms with Crippen LogP contribution in [0.4, 0.5) is 0 Å². The molecule has 0 radical (unpaired) electrons. The van der Waals surface area contributed by atoms with E-state index in [1.165, 1.54) is 6.07 Å². The normalized spacial score (nSPS) is 16.5. The molecular formula is C25H19ClN2O6. The number of carbonyl (C=O) groups is 2. The van der Waals surface area contributed by atoms with Gasteiger partial charge >= 0.3 is 5.97 Å². The molecule has 0 spiro atoms. The van der Waals surface area contributed by atoms with Crippen LogP contribution in [-0.4, -0.2) is 23.3 Å². The molecule has 9 heteroatoms. The van der Waals surface area contributed by atoms with E-state index in [4.69, 9.17) is 31.2 Å². The van der Waals surface area contributed by atoms with E-state index >= 15 is 0 Å². The van der Waals surface area contributed by atoms with E-state index in [1.807, 2.05) is 6.07 Å². The van der Waals surface area contributed by atoms with E-state index in [9.17, 15) is 14.7 Å². The van der Waals surface area contributed by atoms with E-state index in [0.717, 1.165) is 5.56 Å². The number of aliphatic carboxylic acids is 1. The number of hydrogen-bond acceptors (Lipinski definition) is 6. The van der Waals surface area contributed by atoms with Crippen molar-refractivity contribution in [2.45, 2.75) is 25.2 Å². The maximum absolute atomic E-state index is 12.3. The standard InChI is InChI=1S/C25H19ClN2O6/c26-18-6-1-15(2-7-18)14-32-28-24(29)17-4-8-19(9-5-17)33-23-12-21(25(30)31)20-11-16(13-27)3-10-22(20)34-23/h1-11,21,23H,12,14H2,(H,28,29)(H,30,31). The Morgan fingerprint density at radius 3 is 2.53 bits per heavy atom. The topological polar surface area (TPSA) is 118 Å². The predicted molar refractivity (Wildman–Crippen MR) is 121 cm³/mol. The number of carbonyl (C=O) groups excluding carboxylic acids is 1. The molecule has 2 unspecified atom stereocenters. The van der Waals surface area contributed by atoms with Crippen LogP contribution in [0.25, 0.3) is 0 Å². The van der Waals surface area contributed by atoms with Gasteiger partial charge in [-0.05, 0) is 60.2 Å². The molecule has 1 aliphatic heterocycles. The van der Waals surface area contributed by atoms with Gasteiger partial charge in [-0.1, -0.05) is 23.7 Å². The summed E-state index contributed by atoms with van der Waals surface area (Å²) in [4.78, 5) is 29.3. The number of rotatable bonds is 7. The number of benzene rings is 3. The first-order valence-corrected chi connectivity index (χ1v) is 10.7.